The van der Waals surface area contributed by atoms with Gasteiger partial charge < -0.3 is 9.32 Å². The molecule has 0 atom stereocenters. The van der Waals surface area contributed by atoms with Gasteiger partial charge in [-0.2, -0.15) is 0 Å². The topological polar surface area (TPSA) is 16.4 Å². The summed E-state index contributed by atoms with van der Waals surface area (Å²) < 4.78 is 6.32. The Balaban J connectivity index is 1.30. The summed E-state index contributed by atoms with van der Waals surface area (Å²) in [6, 6.07) is 51.7. The van der Waals surface area contributed by atoms with Gasteiger partial charge in [-0.1, -0.05) is 136 Å². The van der Waals surface area contributed by atoms with Crippen LogP contribution in [0, 0.1) is 6.92 Å². The van der Waals surface area contributed by atoms with Gasteiger partial charge >= 0.3 is 0 Å². The Hall–Kier alpha value is -5.60. The first-order valence-corrected chi connectivity index (χ1v) is 15.8. The number of benzene rings is 6. The van der Waals surface area contributed by atoms with Crippen LogP contribution in [-0.2, 0) is 5.41 Å². The largest absolute Gasteiger partial charge is 0.456 e. The molecule has 6 aromatic carbocycles. The molecule has 0 saturated carbocycles. The van der Waals surface area contributed by atoms with Crippen molar-refractivity contribution in [2.45, 2.75) is 26.2 Å². The molecule has 0 unspecified atom stereocenters. The van der Waals surface area contributed by atoms with Gasteiger partial charge in [-0.15, -0.1) is 0 Å². The van der Waals surface area contributed by atoms with Gasteiger partial charge in [0.15, 0.2) is 0 Å². The van der Waals surface area contributed by atoms with Crippen LogP contribution in [0.25, 0.3) is 38.9 Å². The number of furan rings is 1. The van der Waals surface area contributed by atoms with E-state index in [2.05, 4.69) is 160 Å². The third kappa shape index (κ3) is 5.44. The van der Waals surface area contributed by atoms with E-state index in [1.165, 1.54) is 33.0 Å². The minimum Gasteiger partial charge on any atom is -0.456 e. The quantitative estimate of drug-likeness (QED) is 0.163. The van der Waals surface area contributed by atoms with Crippen molar-refractivity contribution in [2.24, 2.45) is 0 Å². The normalized spacial score (nSPS) is 12.0. The van der Waals surface area contributed by atoms with Gasteiger partial charge in [0.2, 0.25) is 0 Å². The van der Waals surface area contributed by atoms with Crippen molar-refractivity contribution in [2.75, 3.05) is 4.90 Å². The summed E-state index contributed by atoms with van der Waals surface area (Å²) in [7, 11) is 0. The Bertz CT molecular complexity index is 2180. The number of rotatable bonds is 8. The molecule has 224 valence electrons. The van der Waals surface area contributed by atoms with E-state index in [1.807, 2.05) is 30.3 Å². The Kier molecular flexibility index (Phi) is 7.64. The Labute approximate surface area is 271 Å². The van der Waals surface area contributed by atoms with E-state index >= 15 is 0 Å². The van der Waals surface area contributed by atoms with E-state index < -0.39 is 0 Å². The van der Waals surface area contributed by atoms with Crippen LogP contribution < -0.4 is 4.90 Å². The SMILES string of the molecule is C=C/C(=C\c1oc2ccccc2c1C)N(c1ccc(-c2ccccc2)cc1)c1ccc(C(C)(C)c2ccc3ccccc3c2)cc1. The molecule has 7 aromatic rings. The lowest BCUT2D eigenvalue weighted by molar-refractivity contribution is 0.600. The molecule has 7 rings (SSSR count). The molecule has 0 bridgehead atoms. The zero-order chi connectivity index (χ0) is 31.7. The molecule has 0 radical (unpaired) electrons. The molecule has 2 nitrogen and oxygen atoms in total. The van der Waals surface area contributed by atoms with Crippen LogP contribution in [0.2, 0.25) is 0 Å². The minimum absolute atomic E-state index is 0.173. The zero-order valence-electron chi connectivity index (χ0n) is 26.6. The number of hydrogen-bond acceptors (Lipinski definition) is 2. The van der Waals surface area contributed by atoms with Crippen molar-refractivity contribution in [3.05, 3.63) is 186 Å². The summed E-state index contributed by atoms with van der Waals surface area (Å²) >= 11 is 0. The standard InChI is InChI=1S/C44H37NO/c1-5-38(30-43-31(2)41-17-11-12-18-42(41)46-43)45(39-25-20-34(21-26-39)32-13-7-6-8-14-32)40-27-23-36(24-28-40)44(3,4)37-22-19-33-15-9-10-16-35(33)29-37/h5-30H,1H2,2-4H3/b38-30+. The van der Waals surface area contributed by atoms with Crippen molar-refractivity contribution in [3.63, 3.8) is 0 Å². The monoisotopic (exact) mass is 595 g/mol. The molecular formula is C44H37NO. The maximum Gasteiger partial charge on any atom is 0.135 e. The van der Waals surface area contributed by atoms with Crippen molar-refractivity contribution < 1.29 is 4.42 Å². The smallest absolute Gasteiger partial charge is 0.135 e. The van der Waals surface area contributed by atoms with Crippen LogP contribution >= 0.6 is 0 Å². The molecule has 0 aliphatic heterocycles. The number of aryl methyl sites for hydroxylation is 1. The Morgan fingerprint density at radius 2 is 1.22 bits per heavy atom. The lowest BCUT2D eigenvalue weighted by Crippen LogP contribution is -2.19. The van der Waals surface area contributed by atoms with Crippen LogP contribution in [0.1, 0.15) is 36.3 Å². The van der Waals surface area contributed by atoms with Crippen LogP contribution in [0.3, 0.4) is 0 Å². The molecule has 1 heterocycles. The highest BCUT2D eigenvalue weighted by Gasteiger charge is 2.24. The van der Waals surface area contributed by atoms with Crippen LogP contribution in [0.5, 0.6) is 0 Å². The molecule has 46 heavy (non-hydrogen) atoms. The fourth-order valence-corrected chi connectivity index (χ4v) is 6.33. The van der Waals surface area contributed by atoms with Crippen LogP contribution in [-0.4, -0.2) is 0 Å². The molecule has 1 aromatic heterocycles. The maximum absolute atomic E-state index is 6.32. The molecule has 0 aliphatic rings. The van der Waals surface area contributed by atoms with Gasteiger partial charge in [-0.25, -0.2) is 0 Å². The highest BCUT2D eigenvalue weighted by molar-refractivity contribution is 5.86. The molecule has 0 saturated heterocycles. The number of fused-ring (bicyclic) bond motifs is 2. The van der Waals surface area contributed by atoms with E-state index in [9.17, 15) is 0 Å². The molecule has 0 amide bonds. The van der Waals surface area contributed by atoms with E-state index in [-0.39, 0.29) is 5.41 Å². The minimum atomic E-state index is -0.173. The number of nitrogens with zero attached hydrogens (tertiary/aromatic N) is 1. The average Bonchev–Trinajstić information content (AvgIpc) is 3.43. The summed E-state index contributed by atoms with van der Waals surface area (Å²) in [5.41, 5.74) is 9.75. The predicted octanol–water partition coefficient (Wildman–Crippen LogP) is 12.3. The third-order valence-electron chi connectivity index (χ3n) is 9.18. The van der Waals surface area contributed by atoms with Crippen molar-refractivity contribution in [3.8, 4) is 11.1 Å². The maximum atomic E-state index is 6.32. The van der Waals surface area contributed by atoms with Gasteiger partial charge in [0, 0.05) is 39.5 Å². The first kappa shape index (κ1) is 29.1. The van der Waals surface area contributed by atoms with Crippen molar-refractivity contribution in [1.82, 2.24) is 0 Å². The number of hydrogen-bond donors (Lipinski definition) is 0. The zero-order valence-corrected chi connectivity index (χ0v) is 26.6. The van der Waals surface area contributed by atoms with Crippen LogP contribution in [0.15, 0.2) is 168 Å². The fraction of sp³-hybridized carbons (Fsp3) is 0.0909. The molecule has 0 fully saturated rings. The van der Waals surface area contributed by atoms with Crippen molar-refractivity contribution in [1.29, 1.82) is 0 Å². The summed E-state index contributed by atoms with van der Waals surface area (Å²) in [5.74, 6) is 0.830. The van der Waals surface area contributed by atoms with Crippen molar-refractivity contribution >= 4 is 39.2 Å². The number of allylic oxidation sites excluding steroid dienone is 1. The Morgan fingerprint density at radius 3 is 1.91 bits per heavy atom. The third-order valence-corrected chi connectivity index (χ3v) is 9.18. The van der Waals surface area contributed by atoms with Gasteiger partial charge in [0.25, 0.3) is 0 Å². The van der Waals surface area contributed by atoms with E-state index in [1.54, 1.807) is 0 Å². The van der Waals surface area contributed by atoms with E-state index in [0.717, 1.165) is 39.4 Å². The molecule has 0 aliphatic carbocycles. The number of para-hydroxylation sites is 1. The first-order valence-electron chi connectivity index (χ1n) is 15.8. The van der Waals surface area contributed by atoms with Gasteiger partial charge in [-0.3, -0.25) is 0 Å². The molecular weight excluding hydrogens is 558 g/mol. The van der Waals surface area contributed by atoms with Gasteiger partial charge in [0.05, 0.1) is 0 Å². The second-order valence-corrected chi connectivity index (χ2v) is 12.3. The summed E-state index contributed by atoms with van der Waals surface area (Å²) in [4.78, 5) is 2.25. The second-order valence-electron chi connectivity index (χ2n) is 12.3. The van der Waals surface area contributed by atoms with E-state index in [4.69, 9.17) is 4.42 Å². The fourth-order valence-electron chi connectivity index (χ4n) is 6.33. The molecule has 0 N–H and O–H groups in total. The second kappa shape index (κ2) is 12.1. The van der Waals surface area contributed by atoms with Gasteiger partial charge in [0.1, 0.15) is 11.3 Å². The molecule has 0 spiro atoms. The predicted molar refractivity (Wildman–Crippen MR) is 196 cm³/mol. The highest BCUT2D eigenvalue weighted by atomic mass is 16.3. The van der Waals surface area contributed by atoms with Crippen LogP contribution in [0.4, 0.5) is 11.4 Å². The highest BCUT2D eigenvalue weighted by Crippen LogP contribution is 2.38. The van der Waals surface area contributed by atoms with Gasteiger partial charge in [-0.05, 0) is 76.4 Å². The number of anilines is 2. The summed E-state index contributed by atoms with van der Waals surface area (Å²) in [5, 5.41) is 3.64. The van der Waals surface area contributed by atoms with E-state index in [0.29, 0.717) is 0 Å². The lowest BCUT2D eigenvalue weighted by Gasteiger charge is -2.29. The summed E-state index contributed by atoms with van der Waals surface area (Å²) in [6.45, 7) is 11.0. The lowest BCUT2D eigenvalue weighted by atomic mass is 9.77. The first-order chi connectivity index (χ1) is 22.4. The average molecular weight is 596 g/mol. The molecule has 2 heteroatoms. The summed E-state index contributed by atoms with van der Waals surface area (Å²) in [6.07, 6.45) is 4.00. The Morgan fingerprint density at radius 1 is 0.630 bits per heavy atom.